The number of hydrogen-bond donors (Lipinski definition) is 0. The van der Waals surface area contributed by atoms with Crippen molar-refractivity contribution in [2.45, 2.75) is 20.3 Å². The van der Waals surface area contributed by atoms with Crippen LogP contribution < -0.4 is 0 Å². The molecule has 0 N–H and O–H groups in total. The number of aliphatic imine (C=N–C) groups is 2. The van der Waals surface area contributed by atoms with Crippen molar-refractivity contribution in [3.05, 3.63) is 83.4 Å². The Labute approximate surface area is 147 Å². The lowest BCUT2D eigenvalue weighted by Crippen LogP contribution is -2.12. The third-order valence-corrected chi connectivity index (χ3v) is 4.36. The lowest BCUT2D eigenvalue weighted by Gasteiger charge is -2.06. The molecule has 0 saturated carbocycles. The predicted octanol–water partition coefficient (Wildman–Crippen LogP) is 4.74. The van der Waals surface area contributed by atoms with E-state index in [9.17, 15) is 0 Å². The number of nitrogens with zero attached hydrogens (tertiary/aromatic N) is 4. The predicted molar refractivity (Wildman–Crippen MR) is 101 cm³/mol. The molecule has 4 heteroatoms. The number of hydrogen-bond acceptors (Lipinski definition) is 4. The van der Waals surface area contributed by atoms with Crippen LogP contribution in [0, 0.1) is 13.8 Å². The van der Waals surface area contributed by atoms with Crippen LogP contribution in [0.2, 0.25) is 0 Å². The second-order valence-corrected chi connectivity index (χ2v) is 6.15. The van der Waals surface area contributed by atoms with Crippen LogP contribution in [-0.2, 0) is 0 Å². The molecule has 0 bridgehead atoms. The van der Waals surface area contributed by atoms with Crippen molar-refractivity contribution in [3.8, 4) is 0 Å². The Hall–Kier alpha value is -3.14. The molecule has 122 valence electrons. The highest BCUT2D eigenvalue weighted by Crippen LogP contribution is 2.34. The van der Waals surface area contributed by atoms with Crippen molar-refractivity contribution < 1.29 is 0 Å². The topological polar surface area (TPSA) is 50.5 Å². The molecule has 0 spiro atoms. The van der Waals surface area contributed by atoms with Gasteiger partial charge in [0, 0.05) is 18.8 Å². The van der Waals surface area contributed by atoms with Crippen molar-refractivity contribution in [1.29, 1.82) is 0 Å². The van der Waals surface area contributed by atoms with E-state index in [4.69, 9.17) is 9.98 Å². The van der Waals surface area contributed by atoms with E-state index in [2.05, 4.69) is 35.9 Å². The summed E-state index contributed by atoms with van der Waals surface area (Å²) < 4.78 is 0. The van der Waals surface area contributed by atoms with E-state index in [1.807, 2.05) is 36.4 Å². The fourth-order valence-corrected chi connectivity index (χ4v) is 2.86. The van der Waals surface area contributed by atoms with Crippen LogP contribution in [0.5, 0.6) is 0 Å². The molecule has 0 amide bonds. The van der Waals surface area contributed by atoms with Gasteiger partial charge in [-0.1, -0.05) is 12.1 Å². The summed E-state index contributed by atoms with van der Waals surface area (Å²) in [4.78, 5) is 18.8. The number of rotatable bonds is 2. The highest BCUT2D eigenvalue weighted by molar-refractivity contribution is 6.19. The second-order valence-electron chi connectivity index (χ2n) is 6.15. The van der Waals surface area contributed by atoms with Crippen molar-refractivity contribution in [1.82, 2.24) is 9.97 Å². The summed E-state index contributed by atoms with van der Waals surface area (Å²) in [7, 11) is 0. The van der Waals surface area contributed by atoms with E-state index in [0.717, 1.165) is 34.2 Å². The largest absolute Gasteiger partial charge is 0.255 e. The lowest BCUT2D eigenvalue weighted by atomic mass is 10.1. The molecule has 25 heavy (non-hydrogen) atoms. The van der Waals surface area contributed by atoms with Gasteiger partial charge in [0.05, 0.1) is 34.2 Å². The van der Waals surface area contributed by atoms with Gasteiger partial charge in [-0.25, -0.2) is 9.98 Å². The average Bonchev–Trinajstić information content (AvgIpc) is 2.83. The molecular formula is C21H18N4. The minimum atomic E-state index is 0.598. The number of benzene rings is 1. The maximum absolute atomic E-state index is 4.90. The van der Waals surface area contributed by atoms with Crippen molar-refractivity contribution in [3.63, 3.8) is 0 Å². The van der Waals surface area contributed by atoms with Gasteiger partial charge in [-0.3, -0.25) is 9.97 Å². The Bertz CT molecular complexity index is 893. The SMILES string of the molecule is Cc1cc2c(cc1C)N=C(c1ccccn1)CC(c1ccccn1)=N2. The molecule has 0 fully saturated rings. The van der Waals surface area contributed by atoms with Gasteiger partial charge in [0.25, 0.3) is 0 Å². The van der Waals surface area contributed by atoms with Crippen molar-refractivity contribution >= 4 is 22.8 Å². The zero-order valence-corrected chi connectivity index (χ0v) is 14.3. The average molecular weight is 326 g/mol. The summed E-state index contributed by atoms with van der Waals surface area (Å²) >= 11 is 0. The molecular weight excluding hydrogens is 308 g/mol. The lowest BCUT2D eigenvalue weighted by molar-refractivity contribution is 1.24. The molecule has 4 rings (SSSR count). The molecule has 2 aromatic heterocycles. The third kappa shape index (κ3) is 3.11. The first-order chi connectivity index (χ1) is 12.2. The third-order valence-electron chi connectivity index (χ3n) is 4.36. The maximum Gasteiger partial charge on any atom is 0.0893 e. The Morgan fingerprint density at radius 3 is 1.56 bits per heavy atom. The molecule has 1 aliphatic rings. The van der Waals surface area contributed by atoms with Crippen molar-refractivity contribution in [2.75, 3.05) is 0 Å². The van der Waals surface area contributed by atoms with E-state index in [1.54, 1.807) is 12.4 Å². The monoisotopic (exact) mass is 326 g/mol. The normalized spacial score (nSPS) is 13.5. The van der Waals surface area contributed by atoms with E-state index in [0.29, 0.717) is 6.42 Å². The minimum Gasteiger partial charge on any atom is -0.255 e. The summed E-state index contributed by atoms with van der Waals surface area (Å²) in [6.07, 6.45) is 4.18. The molecule has 4 nitrogen and oxygen atoms in total. The van der Waals surface area contributed by atoms with Crippen LogP contribution in [0.3, 0.4) is 0 Å². The molecule has 1 aromatic carbocycles. The van der Waals surface area contributed by atoms with Crippen molar-refractivity contribution in [2.24, 2.45) is 9.98 Å². The molecule has 3 aromatic rings. The number of aryl methyl sites for hydroxylation is 2. The van der Waals surface area contributed by atoms with Gasteiger partial charge >= 0.3 is 0 Å². The highest BCUT2D eigenvalue weighted by Gasteiger charge is 2.18. The molecule has 0 radical (unpaired) electrons. The van der Waals surface area contributed by atoms with Crippen LogP contribution in [0.1, 0.15) is 28.9 Å². The van der Waals surface area contributed by atoms with E-state index in [1.165, 1.54) is 11.1 Å². The first-order valence-corrected chi connectivity index (χ1v) is 8.30. The van der Waals surface area contributed by atoms with Gasteiger partial charge in [-0.2, -0.15) is 0 Å². The van der Waals surface area contributed by atoms with E-state index >= 15 is 0 Å². The zero-order valence-electron chi connectivity index (χ0n) is 14.3. The Kier molecular flexibility index (Phi) is 3.94. The van der Waals surface area contributed by atoms with Gasteiger partial charge in [-0.05, 0) is 61.4 Å². The molecule has 0 unspecified atom stereocenters. The summed E-state index contributed by atoms with van der Waals surface area (Å²) in [6, 6.07) is 16.0. The number of aromatic nitrogens is 2. The quantitative estimate of drug-likeness (QED) is 0.683. The first kappa shape index (κ1) is 15.4. The number of pyridine rings is 2. The molecule has 0 aliphatic carbocycles. The highest BCUT2D eigenvalue weighted by atomic mass is 14.9. The number of fused-ring (bicyclic) bond motifs is 1. The molecule has 3 heterocycles. The summed E-state index contributed by atoms with van der Waals surface area (Å²) in [5, 5.41) is 0. The van der Waals surface area contributed by atoms with Crippen LogP contribution >= 0.6 is 0 Å². The van der Waals surface area contributed by atoms with Gasteiger partial charge < -0.3 is 0 Å². The molecule has 0 saturated heterocycles. The fourth-order valence-electron chi connectivity index (χ4n) is 2.86. The first-order valence-electron chi connectivity index (χ1n) is 8.30. The van der Waals surface area contributed by atoms with Crippen LogP contribution in [0.25, 0.3) is 0 Å². The van der Waals surface area contributed by atoms with Gasteiger partial charge in [0.15, 0.2) is 0 Å². The minimum absolute atomic E-state index is 0.598. The Morgan fingerprint density at radius 2 is 1.16 bits per heavy atom. The Morgan fingerprint density at radius 1 is 0.680 bits per heavy atom. The standard InChI is InChI=1S/C21H18N4/c1-14-11-18-19(12-15(14)2)25-21(17-8-4-6-10-23-17)13-20(24-18)16-7-3-5-9-22-16/h3-12H,13H2,1-2H3. The molecule has 0 atom stereocenters. The van der Waals surface area contributed by atoms with Crippen LogP contribution in [-0.4, -0.2) is 21.4 Å². The van der Waals surface area contributed by atoms with E-state index in [-0.39, 0.29) is 0 Å². The summed E-state index contributed by atoms with van der Waals surface area (Å²) in [6.45, 7) is 4.19. The zero-order chi connectivity index (χ0) is 17.2. The maximum atomic E-state index is 4.90. The van der Waals surface area contributed by atoms with Crippen LogP contribution in [0.4, 0.5) is 11.4 Å². The Balaban J connectivity index is 1.92. The van der Waals surface area contributed by atoms with Crippen LogP contribution in [0.15, 0.2) is 70.9 Å². The van der Waals surface area contributed by atoms with Gasteiger partial charge in [0.1, 0.15) is 0 Å². The molecule has 1 aliphatic heterocycles. The summed E-state index contributed by atoms with van der Waals surface area (Å²) in [5.74, 6) is 0. The second kappa shape index (κ2) is 6.40. The van der Waals surface area contributed by atoms with E-state index < -0.39 is 0 Å². The van der Waals surface area contributed by atoms with Gasteiger partial charge in [0.2, 0.25) is 0 Å². The fraction of sp³-hybridized carbons (Fsp3) is 0.143. The smallest absolute Gasteiger partial charge is 0.0893 e. The summed E-state index contributed by atoms with van der Waals surface area (Å²) in [5.41, 5.74) is 7.75. The van der Waals surface area contributed by atoms with Gasteiger partial charge in [-0.15, -0.1) is 0 Å².